The molecule has 0 radical (unpaired) electrons. The number of benzene rings is 1. The van der Waals surface area contributed by atoms with Gasteiger partial charge in [0.15, 0.2) is 0 Å². The van der Waals surface area contributed by atoms with Crippen LogP contribution in [0.3, 0.4) is 0 Å². The molecule has 1 aromatic heterocycles. The molecule has 0 fully saturated rings. The second kappa shape index (κ2) is 4.92. The molecule has 19 heavy (non-hydrogen) atoms. The lowest BCUT2D eigenvalue weighted by Crippen LogP contribution is -2.43. The predicted octanol–water partition coefficient (Wildman–Crippen LogP) is 0.0978. The van der Waals surface area contributed by atoms with Gasteiger partial charge in [-0.05, 0) is 17.3 Å². The van der Waals surface area contributed by atoms with Crippen LogP contribution in [-0.4, -0.2) is 63.0 Å². The highest BCUT2D eigenvalue weighted by atomic mass is 16.7. The van der Waals surface area contributed by atoms with Crippen molar-refractivity contribution in [1.82, 2.24) is 20.1 Å². The lowest BCUT2D eigenvalue weighted by molar-refractivity contribution is -0.480. The summed E-state index contributed by atoms with van der Waals surface area (Å²) in [4.78, 5) is 18.6. The highest BCUT2D eigenvalue weighted by molar-refractivity contribution is 5.87. The van der Waals surface area contributed by atoms with Gasteiger partial charge >= 0.3 is 12.1 Å². The summed E-state index contributed by atoms with van der Waals surface area (Å²) in [5.41, 5.74) is 1.32. The Kier molecular flexibility index (Phi) is 3.32. The Morgan fingerprint density at radius 3 is 2.74 bits per heavy atom. The van der Waals surface area contributed by atoms with Crippen molar-refractivity contribution in [2.45, 2.75) is 0 Å². The molecule has 0 unspecified atom stereocenters. The van der Waals surface area contributed by atoms with Gasteiger partial charge in [-0.3, -0.25) is 4.84 Å². The molecule has 0 aliphatic rings. The van der Waals surface area contributed by atoms with Crippen LogP contribution >= 0.6 is 0 Å². The molecule has 1 heterocycles. The molecule has 0 saturated carbocycles. The largest absolute Gasteiger partial charge is 0.507 e. The van der Waals surface area contributed by atoms with E-state index < -0.39 is 6.09 Å². The van der Waals surface area contributed by atoms with Gasteiger partial charge in [0.25, 0.3) is 0 Å². The number of amides is 1. The first-order valence-electron chi connectivity index (χ1n) is 5.50. The fraction of sp³-hybridized carbons (Fsp3) is 0.273. The number of hydrogen-bond acceptors (Lipinski definition) is 4. The second-order valence-electron chi connectivity index (χ2n) is 4.06. The van der Waals surface area contributed by atoms with E-state index >= 15 is 0 Å². The molecule has 0 saturated heterocycles. The Balaban J connectivity index is 2.38. The minimum absolute atomic E-state index is 0.114. The molecule has 0 atom stereocenters. The van der Waals surface area contributed by atoms with E-state index in [1.54, 1.807) is 26.2 Å². The molecule has 1 amide bonds. The van der Waals surface area contributed by atoms with Gasteiger partial charge in [-0.15, -0.1) is 10.00 Å². The lowest BCUT2D eigenvalue weighted by atomic mass is 10.3. The van der Waals surface area contributed by atoms with Gasteiger partial charge in [0.2, 0.25) is 0 Å². The Labute approximate surface area is 109 Å². The molecule has 8 heteroatoms. The number of amidine groups is 1. The van der Waals surface area contributed by atoms with Gasteiger partial charge in [-0.1, -0.05) is 17.0 Å². The minimum atomic E-state index is -1.13. The van der Waals surface area contributed by atoms with Gasteiger partial charge < -0.3 is 5.11 Å². The number of para-hydroxylation sites is 1. The van der Waals surface area contributed by atoms with E-state index in [2.05, 4.69) is 10.3 Å². The molecule has 0 aliphatic heterocycles. The van der Waals surface area contributed by atoms with Crippen LogP contribution in [-0.2, 0) is 0 Å². The van der Waals surface area contributed by atoms with Gasteiger partial charge in [0.05, 0.1) is 21.1 Å². The van der Waals surface area contributed by atoms with Crippen LogP contribution in [0.15, 0.2) is 24.3 Å². The number of rotatable bonds is 1. The summed E-state index contributed by atoms with van der Waals surface area (Å²) in [5, 5.41) is 16.8. The van der Waals surface area contributed by atoms with E-state index in [-0.39, 0.29) is 6.02 Å². The fourth-order valence-electron chi connectivity index (χ4n) is 1.52. The molecule has 2 rings (SSSR count). The maximum Gasteiger partial charge on any atom is 0.507 e. The van der Waals surface area contributed by atoms with Crippen LogP contribution in [0.5, 0.6) is 0 Å². The van der Waals surface area contributed by atoms with Crippen molar-refractivity contribution in [3.05, 3.63) is 24.3 Å². The van der Waals surface area contributed by atoms with Crippen LogP contribution in [0, 0.1) is 0 Å². The number of hydrogen-bond donors (Lipinski definition) is 1. The molecular weight excluding hydrogens is 250 g/mol. The van der Waals surface area contributed by atoms with Crippen molar-refractivity contribution in [1.29, 1.82) is 0 Å². The molecule has 1 N–H and O–H groups in total. The number of carbonyl (C=O) groups is 1. The first-order chi connectivity index (χ1) is 9.00. The first-order valence-corrected chi connectivity index (χ1v) is 5.50. The third-order valence-electron chi connectivity index (χ3n) is 2.45. The van der Waals surface area contributed by atoms with Crippen LogP contribution in [0.1, 0.15) is 0 Å². The van der Waals surface area contributed by atoms with E-state index in [1.807, 2.05) is 12.1 Å². The summed E-state index contributed by atoms with van der Waals surface area (Å²) in [7, 11) is 4.73. The first kappa shape index (κ1) is 12.8. The summed E-state index contributed by atoms with van der Waals surface area (Å²) in [6, 6.07) is 7.34. The summed E-state index contributed by atoms with van der Waals surface area (Å²) in [6.07, 6.45) is -1.13. The van der Waals surface area contributed by atoms with Crippen LogP contribution < -0.4 is 4.84 Å². The van der Waals surface area contributed by atoms with E-state index in [0.29, 0.717) is 11.0 Å². The van der Waals surface area contributed by atoms with Gasteiger partial charge in [0.1, 0.15) is 11.0 Å². The summed E-state index contributed by atoms with van der Waals surface area (Å²) in [6.45, 7) is 0. The zero-order chi connectivity index (χ0) is 14.0. The molecule has 0 spiro atoms. The Bertz CT molecular complexity index is 645. The van der Waals surface area contributed by atoms with Crippen LogP contribution in [0.2, 0.25) is 0 Å². The van der Waals surface area contributed by atoms with Crippen LogP contribution in [0.4, 0.5) is 4.79 Å². The maximum atomic E-state index is 11.0. The SMILES string of the molecule is CN(C(=O)O)C(On1nnc2ccccc21)=[N+](C)C. The smallest absolute Gasteiger partial charge is 0.447 e. The Morgan fingerprint density at radius 1 is 1.42 bits per heavy atom. The standard InChI is InChI=1S/C11H13N5O3/c1-14(2)10(15(3)11(17)18)19-16-9-7-5-4-6-8(9)12-13-16/h4-7H,1-3H3/p+1. The highest BCUT2D eigenvalue weighted by Gasteiger charge is 2.27. The van der Waals surface area contributed by atoms with E-state index in [0.717, 1.165) is 4.90 Å². The average Bonchev–Trinajstić information content (AvgIpc) is 2.78. The van der Waals surface area contributed by atoms with Crippen molar-refractivity contribution in [2.75, 3.05) is 21.1 Å². The van der Waals surface area contributed by atoms with Crippen molar-refractivity contribution in [3.8, 4) is 0 Å². The van der Waals surface area contributed by atoms with E-state index in [9.17, 15) is 4.79 Å². The number of aromatic nitrogens is 3. The number of fused-ring (bicyclic) bond motifs is 1. The Morgan fingerprint density at radius 2 is 2.11 bits per heavy atom. The minimum Gasteiger partial charge on any atom is -0.447 e. The third kappa shape index (κ3) is 2.46. The van der Waals surface area contributed by atoms with Crippen molar-refractivity contribution >= 4 is 23.1 Å². The number of nitrogens with zero attached hydrogens (tertiary/aromatic N) is 5. The van der Waals surface area contributed by atoms with Crippen molar-refractivity contribution in [2.24, 2.45) is 0 Å². The molecule has 1 aromatic carbocycles. The maximum absolute atomic E-state index is 11.0. The third-order valence-corrected chi connectivity index (χ3v) is 2.45. The molecule has 100 valence electrons. The normalized spacial score (nSPS) is 10.3. The molecule has 0 aliphatic carbocycles. The van der Waals surface area contributed by atoms with E-state index in [4.69, 9.17) is 9.94 Å². The zero-order valence-electron chi connectivity index (χ0n) is 10.8. The van der Waals surface area contributed by atoms with Crippen molar-refractivity contribution < 1.29 is 19.3 Å². The molecule has 2 aromatic rings. The van der Waals surface area contributed by atoms with Gasteiger partial charge in [0, 0.05) is 0 Å². The zero-order valence-corrected chi connectivity index (χ0v) is 10.8. The summed E-state index contributed by atoms with van der Waals surface area (Å²) < 4.78 is 1.53. The lowest BCUT2D eigenvalue weighted by Gasteiger charge is -2.10. The average molecular weight is 264 g/mol. The number of carboxylic acid groups (broad SMARTS) is 1. The van der Waals surface area contributed by atoms with Crippen molar-refractivity contribution in [3.63, 3.8) is 0 Å². The molecule has 8 nitrogen and oxygen atoms in total. The Hall–Kier alpha value is -2.64. The summed E-state index contributed by atoms with van der Waals surface area (Å²) >= 11 is 0. The topological polar surface area (TPSA) is 83.5 Å². The highest BCUT2D eigenvalue weighted by Crippen LogP contribution is 2.08. The van der Waals surface area contributed by atoms with Crippen LogP contribution in [0.25, 0.3) is 11.0 Å². The molecule has 0 bridgehead atoms. The molecular formula is C11H14N5O3+. The second-order valence-corrected chi connectivity index (χ2v) is 4.06. The predicted molar refractivity (Wildman–Crippen MR) is 67.0 cm³/mol. The summed E-state index contributed by atoms with van der Waals surface area (Å²) in [5.74, 6) is 0. The quantitative estimate of drug-likeness (QED) is 0.448. The van der Waals surface area contributed by atoms with Gasteiger partial charge in [-0.25, -0.2) is 4.58 Å². The fourth-order valence-corrected chi connectivity index (χ4v) is 1.52. The monoisotopic (exact) mass is 264 g/mol. The van der Waals surface area contributed by atoms with Gasteiger partial charge in [-0.2, -0.15) is 4.79 Å². The van der Waals surface area contributed by atoms with E-state index in [1.165, 1.54) is 16.5 Å².